The maximum atomic E-state index is 5.43. The molecule has 2 heterocycles. The summed E-state index contributed by atoms with van der Waals surface area (Å²) in [6, 6.07) is 71.5. The van der Waals surface area contributed by atoms with Crippen LogP contribution in [0.3, 0.4) is 0 Å². The van der Waals surface area contributed by atoms with E-state index in [2.05, 4.69) is 199 Å². The first-order valence-corrected chi connectivity index (χ1v) is 18.7. The summed E-state index contributed by atoms with van der Waals surface area (Å²) < 4.78 is 2.24. The molecule has 0 saturated heterocycles. The van der Waals surface area contributed by atoms with Crippen LogP contribution in [-0.2, 0) is 0 Å². The Morgan fingerprint density at radius 2 is 0.636 bits per heavy atom. The summed E-state index contributed by atoms with van der Waals surface area (Å²) >= 11 is 0. The molecule has 11 rings (SSSR count). The minimum Gasteiger partial charge on any atom is -0.278 e. The zero-order valence-electron chi connectivity index (χ0n) is 29.9. The molecule has 11 aromatic rings. The fraction of sp³-hybridized carbons (Fsp3) is 0. The van der Waals surface area contributed by atoms with Crippen LogP contribution < -0.4 is 0 Å². The number of fused-ring (bicyclic) bond motifs is 9. The minimum absolute atomic E-state index is 0.639. The topological polar surface area (TPSA) is 30.7 Å². The highest BCUT2D eigenvalue weighted by molar-refractivity contribution is 6.25. The zero-order chi connectivity index (χ0) is 36.3. The van der Waals surface area contributed by atoms with Crippen LogP contribution in [0, 0.1) is 0 Å². The van der Waals surface area contributed by atoms with Crippen LogP contribution in [-0.4, -0.2) is 14.5 Å². The van der Waals surface area contributed by atoms with Crippen molar-refractivity contribution in [2.45, 2.75) is 0 Å². The van der Waals surface area contributed by atoms with Gasteiger partial charge in [-0.05, 0) is 91.0 Å². The van der Waals surface area contributed by atoms with E-state index in [1.165, 1.54) is 54.6 Å². The Morgan fingerprint density at radius 3 is 1.15 bits per heavy atom. The molecule has 0 aliphatic rings. The normalized spacial score (nSPS) is 11.6. The molecular formula is C52H33N3. The zero-order valence-corrected chi connectivity index (χ0v) is 29.9. The highest BCUT2D eigenvalue weighted by Crippen LogP contribution is 2.40. The maximum Gasteiger partial charge on any atom is 0.235 e. The van der Waals surface area contributed by atoms with Gasteiger partial charge in [-0.2, -0.15) is 0 Å². The van der Waals surface area contributed by atoms with Crippen molar-refractivity contribution in [2.24, 2.45) is 0 Å². The smallest absolute Gasteiger partial charge is 0.235 e. The van der Waals surface area contributed by atoms with Crippen molar-refractivity contribution in [3.8, 4) is 50.7 Å². The first-order chi connectivity index (χ1) is 27.3. The van der Waals surface area contributed by atoms with Gasteiger partial charge in [0.15, 0.2) is 0 Å². The first kappa shape index (κ1) is 31.2. The van der Waals surface area contributed by atoms with Gasteiger partial charge in [-0.3, -0.25) is 4.57 Å². The predicted octanol–water partition coefficient (Wildman–Crippen LogP) is 13.7. The fourth-order valence-electron chi connectivity index (χ4n) is 8.37. The molecule has 0 aliphatic carbocycles. The molecule has 0 N–H and O–H groups in total. The lowest BCUT2D eigenvalue weighted by Crippen LogP contribution is -2.04. The lowest BCUT2D eigenvalue weighted by atomic mass is 9.93. The first-order valence-electron chi connectivity index (χ1n) is 18.7. The summed E-state index contributed by atoms with van der Waals surface area (Å²) in [5, 5.41) is 9.79. The number of hydrogen-bond acceptors (Lipinski definition) is 2. The van der Waals surface area contributed by atoms with Crippen molar-refractivity contribution in [1.82, 2.24) is 14.5 Å². The fourth-order valence-corrected chi connectivity index (χ4v) is 8.37. The van der Waals surface area contributed by atoms with Crippen LogP contribution in [0.4, 0.5) is 0 Å². The lowest BCUT2D eigenvalue weighted by molar-refractivity contribution is 0.996. The van der Waals surface area contributed by atoms with Gasteiger partial charge >= 0.3 is 0 Å². The second-order valence-electron chi connectivity index (χ2n) is 14.2. The van der Waals surface area contributed by atoms with Gasteiger partial charge in [0.1, 0.15) is 0 Å². The van der Waals surface area contributed by atoms with Crippen LogP contribution >= 0.6 is 0 Å². The molecule has 55 heavy (non-hydrogen) atoms. The molecule has 0 atom stereocenters. The average molecular weight is 700 g/mol. The monoisotopic (exact) mass is 699 g/mol. The van der Waals surface area contributed by atoms with Gasteiger partial charge in [0.25, 0.3) is 0 Å². The van der Waals surface area contributed by atoms with Crippen molar-refractivity contribution >= 4 is 54.1 Å². The third-order valence-corrected chi connectivity index (χ3v) is 11.0. The summed E-state index contributed by atoms with van der Waals surface area (Å²) in [4.78, 5) is 10.8. The SMILES string of the molecule is c1ccc(-c2ccc3c(c2)c2cc(-c4ccccc4)ccc2n3-c2nc(-c3ccccc3)cc(-c3ccc4c5ccccc5c5ccccc5c4c3)n2)cc1. The summed E-state index contributed by atoms with van der Waals surface area (Å²) in [6.45, 7) is 0. The summed E-state index contributed by atoms with van der Waals surface area (Å²) in [6.07, 6.45) is 0. The summed E-state index contributed by atoms with van der Waals surface area (Å²) in [7, 11) is 0. The average Bonchev–Trinajstić information content (AvgIpc) is 3.60. The van der Waals surface area contributed by atoms with E-state index in [4.69, 9.17) is 9.97 Å². The molecule has 0 aliphatic heterocycles. The largest absolute Gasteiger partial charge is 0.278 e. The van der Waals surface area contributed by atoms with Crippen LogP contribution in [0.15, 0.2) is 200 Å². The molecule has 0 amide bonds. The van der Waals surface area contributed by atoms with Gasteiger partial charge in [-0.1, -0.05) is 164 Å². The van der Waals surface area contributed by atoms with E-state index in [0.29, 0.717) is 5.95 Å². The quantitative estimate of drug-likeness (QED) is 0.167. The van der Waals surface area contributed by atoms with Gasteiger partial charge in [0.2, 0.25) is 5.95 Å². The highest BCUT2D eigenvalue weighted by atomic mass is 15.2. The van der Waals surface area contributed by atoms with Crippen LogP contribution in [0.25, 0.3) is 105 Å². The van der Waals surface area contributed by atoms with E-state index >= 15 is 0 Å². The number of nitrogens with zero attached hydrogens (tertiary/aromatic N) is 3. The molecule has 256 valence electrons. The van der Waals surface area contributed by atoms with E-state index in [1.54, 1.807) is 0 Å². The second kappa shape index (κ2) is 12.6. The van der Waals surface area contributed by atoms with E-state index in [9.17, 15) is 0 Å². The van der Waals surface area contributed by atoms with Crippen molar-refractivity contribution < 1.29 is 0 Å². The second-order valence-corrected chi connectivity index (χ2v) is 14.2. The van der Waals surface area contributed by atoms with E-state index in [-0.39, 0.29) is 0 Å². The molecule has 9 aromatic carbocycles. The van der Waals surface area contributed by atoms with Crippen molar-refractivity contribution in [3.05, 3.63) is 200 Å². The standard InChI is InChI=1S/C52H33N3/c1-4-14-34(15-5-1)37-25-28-50-46(30-37)47-31-38(35-16-6-2-7-17-35)26-29-51(47)55(50)52-53-48(36-18-8-3-9-19-36)33-49(54-52)39-24-27-44-42-22-11-10-20-40(42)41-21-12-13-23-43(41)45(44)32-39/h1-33H. The molecule has 0 spiro atoms. The highest BCUT2D eigenvalue weighted by Gasteiger charge is 2.19. The maximum absolute atomic E-state index is 5.43. The van der Waals surface area contributed by atoms with Crippen LogP contribution in [0.2, 0.25) is 0 Å². The van der Waals surface area contributed by atoms with Gasteiger partial charge in [-0.25, -0.2) is 9.97 Å². The summed E-state index contributed by atoms with van der Waals surface area (Å²) in [5.74, 6) is 0.639. The van der Waals surface area contributed by atoms with Gasteiger partial charge in [-0.15, -0.1) is 0 Å². The molecule has 0 bridgehead atoms. The Bertz CT molecular complexity index is 3110. The van der Waals surface area contributed by atoms with Crippen molar-refractivity contribution in [1.29, 1.82) is 0 Å². The lowest BCUT2D eigenvalue weighted by Gasteiger charge is -2.14. The third-order valence-electron chi connectivity index (χ3n) is 11.0. The van der Waals surface area contributed by atoms with Crippen LogP contribution in [0.1, 0.15) is 0 Å². The molecule has 0 unspecified atom stereocenters. The van der Waals surface area contributed by atoms with E-state index in [0.717, 1.165) is 44.3 Å². The number of rotatable bonds is 5. The Labute approximate surface area is 318 Å². The summed E-state index contributed by atoms with van der Waals surface area (Å²) in [5.41, 5.74) is 10.7. The van der Waals surface area contributed by atoms with Gasteiger partial charge in [0.05, 0.1) is 22.4 Å². The molecule has 3 heteroatoms. The van der Waals surface area contributed by atoms with Gasteiger partial charge < -0.3 is 0 Å². The number of aromatic nitrogens is 3. The van der Waals surface area contributed by atoms with Gasteiger partial charge in [0, 0.05) is 21.9 Å². The predicted molar refractivity (Wildman–Crippen MR) is 231 cm³/mol. The molecule has 0 fully saturated rings. The molecular weight excluding hydrogens is 667 g/mol. The minimum atomic E-state index is 0.639. The molecule has 2 aromatic heterocycles. The van der Waals surface area contributed by atoms with E-state index in [1.807, 2.05) is 6.07 Å². The molecule has 3 nitrogen and oxygen atoms in total. The number of benzene rings is 9. The van der Waals surface area contributed by atoms with Crippen molar-refractivity contribution in [3.63, 3.8) is 0 Å². The molecule has 0 saturated carbocycles. The number of hydrogen-bond donors (Lipinski definition) is 0. The van der Waals surface area contributed by atoms with Crippen LogP contribution in [0.5, 0.6) is 0 Å². The molecule has 0 radical (unpaired) electrons. The Kier molecular flexibility index (Phi) is 7.17. The Morgan fingerprint density at radius 1 is 0.255 bits per heavy atom. The Balaban J connectivity index is 1.18. The van der Waals surface area contributed by atoms with Crippen molar-refractivity contribution in [2.75, 3.05) is 0 Å². The third kappa shape index (κ3) is 5.20. The Hall–Kier alpha value is -7.36. The van der Waals surface area contributed by atoms with E-state index < -0.39 is 0 Å².